The number of hydrogen-bond acceptors (Lipinski definition) is 8. The van der Waals surface area contributed by atoms with E-state index < -0.39 is 65.2 Å². The minimum Gasteiger partial charge on any atom is -0.420 e. The molecule has 0 fully saturated rings. The van der Waals surface area contributed by atoms with Gasteiger partial charge in [-0.05, 0) is 74.4 Å². The molecule has 2 N–H and O–H groups in total. The summed E-state index contributed by atoms with van der Waals surface area (Å²) in [5.74, 6) is -15.0. The number of aromatic nitrogens is 3. The van der Waals surface area contributed by atoms with Crippen LogP contribution >= 0.6 is 11.8 Å². The van der Waals surface area contributed by atoms with Gasteiger partial charge in [-0.3, -0.25) is 19.4 Å². The highest BCUT2D eigenvalue weighted by atomic mass is 32.2. The molecule has 0 aliphatic carbocycles. The van der Waals surface area contributed by atoms with Gasteiger partial charge in [0.1, 0.15) is 6.54 Å². The Morgan fingerprint density at radius 3 is 2.30 bits per heavy atom. The molecule has 2 aromatic heterocycles. The largest absolute Gasteiger partial charge is 0.420 e. The first-order valence-electron chi connectivity index (χ1n) is 17.2. The van der Waals surface area contributed by atoms with Gasteiger partial charge in [0.05, 0.1) is 22.5 Å². The van der Waals surface area contributed by atoms with Crippen molar-refractivity contribution in [3.05, 3.63) is 113 Å². The monoisotopic (exact) mass is 794 g/mol. The van der Waals surface area contributed by atoms with Crippen molar-refractivity contribution >= 4 is 58.6 Å². The number of hydrogen-bond donors (Lipinski definition) is 2. The molecule has 0 aliphatic rings. The summed E-state index contributed by atoms with van der Waals surface area (Å²) in [6.07, 6.45) is 5.53. The fraction of sp³-hybridized carbons (Fsp3) is 0.231. The number of pyridine rings is 1. The zero-order chi connectivity index (χ0) is 40.5. The van der Waals surface area contributed by atoms with E-state index in [1.807, 2.05) is 36.4 Å². The molecule has 1 unspecified atom stereocenters. The molecule has 5 rings (SSSR count). The molecule has 0 saturated carbocycles. The number of fused-ring (bicyclic) bond motifs is 1. The van der Waals surface area contributed by atoms with Gasteiger partial charge in [-0.15, -0.1) is 0 Å². The lowest BCUT2D eigenvalue weighted by Gasteiger charge is -2.19. The lowest BCUT2D eigenvalue weighted by molar-refractivity contribution is -0.135. The van der Waals surface area contributed by atoms with Gasteiger partial charge in [0.2, 0.25) is 40.7 Å². The van der Waals surface area contributed by atoms with Gasteiger partial charge in [-0.25, -0.2) is 18.0 Å². The Morgan fingerprint density at radius 2 is 1.61 bits per heavy atom. The number of unbranched alkanes of at least 4 members (excludes halogenated alkanes) is 1. The van der Waals surface area contributed by atoms with Gasteiger partial charge in [-0.2, -0.15) is 18.6 Å². The van der Waals surface area contributed by atoms with Crippen LogP contribution in [0, 0.1) is 29.1 Å². The van der Waals surface area contributed by atoms with Crippen LogP contribution in [0.5, 0.6) is 5.75 Å². The van der Waals surface area contributed by atoms with Crippen LogP contribution < -0.4 is 15.4 Å². The molecule has 292 valence electrons. The fourth-order valence-electron chi connectivity index (χ4n) is 5.49. The van der Waals surface area contributed by atoms with Crippen LogP contribution in [0.25, 0.3) is 23.1 Å². The van der Waals surface area contributed by atoms with Gasteiger partial charge in [0.15, 0.2) is 0 Å². The van der Waals surface area contributed by atoms with Crippen LogP contribution in [-0.2, 0) is 9.59 Å². The second-order valence-electron chi connectivity index (χ2n) is 12.5. The van der Waals surface area contributed by atoms with E-state index in [4.69, 9.17) is 0 Å². The van der Waals surface area contributed by atoms with Crippen molar-refractivity contribution in [2.75, 3.05) is 20.6 Å². The Kier molecular flexibility index (Phi) is 13.6. The molecule has 0 aliphatic heterocycles. The maximum atomic E-state index is 13.8. The van der Waals surface area contributed by atoms with Crippen LogP contribution in [0.15, 0.2) is 76.7 Å². The summed E-state index contributed by atoms with van der Waals surface area (Å²) in [4.78, 5) is 58.2. The highest BCUT2D eigenvalue weighted by Crippen LogP contribution is 2.34. The highest BCUT2D eigenvalue weighted by molar-refractivity contribution is 7.99. The van der Waals surface area contributed by atoms with Gasteiger partial charge in [0.25, 0.3) is 5.91 Å². The quantitative estimate of drug-likeness (QED) is 0.0297. The summed E-state index contributed by atoms with van der Waals surface area (Å²) in [6.45, 7) is 1.35. The topological polar surface area (TPSA) is 136 Å². The fourth-order valence-corrected chi connectivity index (χ4v) is 6.47. The van der Waals surface area contributed by atoms with Gasteiger partial charge in [0, 0.05) is 47.9 Å². The van der Waals surface area contributed by atoms with Crippen LogP contribution in [-0.4, -0.2) is 70.2 Å². The Labute approximate surface area is 321 Å². The lowest BCUT2D eigenvalue weighted by Crippen LogP contribution is -2.43. The zero-order valence-electron chi connectivity index (χ0n) is 30.2. The summed E-state index contributed by atoms with van der Waals surface area (Å²) >= 11 is 1.34. The van der Waals surface area contributed by atoms with E-state index in [2.05, 4.69) is 25.5 Å². The van der Waals surface area contributed by atoms with E-state index in [9.17, 15) is 41.1 Å². The van der Waals surface area contributed by atoms with Gasteiger partial charge < -0.3 is 20.3 Å². The number of likely N-dealkylation sites (N-methyl/N-ethyl adjacent to an activating group) is 1. The number of benzene rings is 3. The van der Waals surface area contributed by atoms with E-state index in [-0.39, 0.29) is 18.9 Å². The normalized spacial score (nSPS) is 11.8. The minimum absolute atomic E-state index is 0.119. The predicted molar refractivity (Wildman–Crippen MR) is 198 cm³/mol. The van der Waals surface area contributed by atoms with E-state index in [0.717, 1.165) is 4.90 Å². The average Bonchev–Trinajstić information content (AvgIpc) is 3.56. The number of rotatable bonds is 14. The van der Waals surface area contributed by atoms with Crippen LogP contribution in [0.2, 0.25) is 0 Å². The standard InChI is InChI=1S/C39H35F5N6O5S/c1-22(10-4-7-14-31(52)55-37-35(43)33(41)32(40)34(42)36(37)44)47-30(51)21-49(3)39(54)50-28-20-24(56-29-13-6-5-12-26(29)38(53)45-2)16-17-25(28)27(48-50)18-15-23-11-8-9-19-46-23/h5-6,8-9,11-13,15-20,22H,4,7,10,14,21H2,1-3H3,(H,45,53)(H,47,51)/b18-15+. The molecule has 5 aromatic rings. The number of esters is 1. The Balaban J connectivity index is 1.22. The number of ether oxygens (including phenoxy) is 1. The first-order valence-corrected chi connectivity index (χ1v) is 18.0. The summed E-state index contributed by atoms with van der Waals surface area (Å²) in [7, 11) is 2.99. The number of carbonyl (C=O) groups is 4. The molecular formula is C39H35F5N6O5S. The second kappa shape index (κ2) is 18.5. The summed E-state index contributed by atoms with van der Waals surface area (Å²) in [5, 5.41) is 10.6. The van der Waals surface area contributed by atoms with Crippen LogP contribution in [0.1, 0.15) is 54.4 Å². The molecule has 0 bridgehead atoms. The zero-order valence-corrected chi connectivity index (χ0v) is 31.1. The molecule has 0 saturated heterocycles. The molecule has 0 radical (unpaired) electrons. The van der Waals surface area contributed by atoms with E-state index in [1.54, 1.807) is 56.6 Å². The minimum atomic E-state index is -2.37. The van der Waals surface area contributed by atoms with Crippen molar-refractivity contribution in [1.82, 2.24) is 30.3 Å². The third-order valence-electron chi connectivity index (χ3n) is 8.32. The van der Waals surface area contributed by atoms with Crippen LogP contribution in [0.3, 0.4) is 0 Å². The van der Waals surface area contributed by atoms with Crippen molar-refractivity contribution in [3.63, 3.8) is 0 Å². The Bertz CT molecular complexity index is 2280. The Morgan fingerprint density at radius 1 is 0.911 bits per heavy atom. The number of halogens is 5. The summed E-state index contributed by atoms with van der Waals surface area (Å²) < 4.78 is 73.3. The number of nitrogens with one attached hydrogen (secondary N) is 2. The smallest absolute Gasteiger partial charge is 0.345 e. The lowest BCUT2D eigenvalue weighted by atomic mass is 10.1. The van der Waals surface area contributed by atoms with Crippen molar-refractivity contribution < 1.29 is 45.9 Å². The van der Waals surface area contributed by atoms with Crippen molar-refractivity contribution in [1.29, 1.82) is 0 Å². The van der Waals surface area contributed by atoms with Gasteiger partial charge in [-0.1, -0.05) is 36.4 Å². The summed E-state index contributed by atoms with van der Waals surface area (Å²) in [5.41, 5.74) is 2.09. The van der Waals surface area contributed by atoms with E-state index in [1.165, 1.54) is 28.4 Å². The Hall–Kier alpha value is -6.10. The first-order chi connectivity index (χ1) is 26.8. The molecule has 1 atom stereocenters. The van der Waals surface area contributed by atoms with Crippen molar-refractivity contribution in [3.8, 4) is 5.75 Å². The highest BCUT2D eigenvalue weighted by Gasteiger charge is 2.28. The molecular weight excluding hydrogens is 760 g/mol. The SMILES string of the molecule is CNC(=O)c1ccccc1Sc1ccc2c(/C=C/c3ccccn3)nn(C(=O)N(C)CC(=O)NC(C)CCCCC(=O)Oc3c(F)c(F)c(F)c(F)c3F)c2c1. The molecule has 3 amide bonds. The maximum Gasteiger partial charge on any atom is 0.345 e. The number of amides is 3. The molecule has 3 aromatic carbocycles. The van der Waals surface area contributed by atoms with Crippen molar-refractivity contribution in [2.24, 2.45) is 0 Å². The second-order valence-corrected chi connectivity index (χ2v) is 13.6. The molecule has 11 nitrogen and oxygen atoms in total. The van der Waals surface area contributed by atoms with Crippen LogP contribution in [0.4, 0.5) is 26.7 Å². The molecule has 56 heavy (non-hydrogen) atoms. The van der Waals surface area contributed by atoms with Crippen molar-refractivity contribution in [2.45, 2.75) is 48.4 Å². The molecule has 0 spiro atoms. The number of carbonyl (C=O) groups excluding carboxylic acids is 4. The maximum absolute atomic E-state index is 13.8. The third-order valence-corrected chi connectivity index (χ3v) is 9.38. The summed E-state index contributed by atoms with van der Waals surface area (Å²) in [6, 6.07) is 17.0. The average molecular weight is 795 g/mol. The van der Waals surface area contributed by atoms with Gasteiger partial charge >= 0.3 is 12.0 Å². The number of nitrogens with zero attached hydrogens (tertiary/aromatic N) is 4. The molecule has 17 heteroatoms. The van der Waals surface area contributed by atoms with E-state index >= 15 is 0 Å². The third kappa shape index (κ3) is 9.76. The van der Waals surface area contributed by atoms with E-state index in [0.29, 0.717) is 45.6 Å². The molecule has 2 heterocycles. The predicted octanol–water partition coefficient (Wildman–Crippen LogP) is 7.38. The first kappa shape index (κ1) is 41.1.